The molecule has 0 heterocycles. The highest BCUT2D eigenvalue weighted by molar-refractivity contribution is 5.95. The Hall–Kier alpha value is -2.35. The highest BCUT2D eigenvalue weighted by Crippen LogP contribution is 2.26. The molecule has 0 bridgehead atoms. The zero-order valence-corrected chi connectivity index (χ0v) is 15.3. The van der Waals surface area contributed by atoms with Crippen molar-refractivity contribution in [2.24, 2.45) is 5.92 Å². The second-order valence-electron chi connectivity index (χ2n) is 7.67. The molecule has 1 saturated carbocycles. The van der Waals surface area contributed by atoms with Gasteiger partial charge in [0.2, 0.25) is 5.91 Å². The van der Waals surface area contributed by atoms with Crippen LogP contribution in [-0.2, 0) is 10.2 Å². The fourth-order valence-electron chi connectivity index (χ4n) is 3.25. The van der Waals surface area contributed by atoms with Crippen LogP contribution in [0.2, 0.25) is 0 Å². The van der Waals surface area contributed by atoms with Gasteiger partial charge in [-0.05, 0) is 36.0 Å². The molecule has 0 unspecified atom stereocenters. The van der Waals surface area contributed by atoms with Gasteiger partial charge in [0.25, 0.3) is 5.91 Å². The van der Waals surface area contributed by atoms with E-state index in [1.54, 1.807) is 0 Å². The first kappa shape index (κ1) is 19.0. The summed E-state index contributed by atoms with van der Waals surface area (Å²) in [5.41, 5.74) is 1.83. The number of carbonyl (C=O) groups is 2. The summed E-state index contributed by atoms with van der Waals surface area (Å²) < 4.78 is 0. The van der Waals surface area contributed by atoms with E-state index in [2.05, 4.69) is 31.4 Å². The molecule has 134 valence electrons. The molecule has 25 heavy (non-hydrogen) atoms. The molecule has 1 aliphatic carbocycles. The van der Waals surface area contributed by atoms with Crippen LogP contribution >= 0.6 is 0 Å². The van der Waals surface area contributed by atoms with Gasteiger partial charge in [0.05, 0.1) is 12.0 Å². The summed E-state index contributed by atoms with van der Waals surface area (Å²) in [5.74, 6) is -0.556. The second-order valence-corrected chi connectivity index (χ2v) is 7.67. The maximum absolute atomic E-state index is 12.6. The number of rotatable bonds is 4. The van der Waals surface area contributed by atoms with E-state index < -0.39 is 0 Å². The normalized spacial score (nSPS) is 20.4. The van der Waals surface area contributed by atoms with Gasteiger partial charge in [0, 0.05) is 11.6 Å². The third-order valence-electron chi connectivity index (χ3n) is 4.77. The number of hydrogen-bond donors (Lipinski definition) is 2. The highest BCUT2D eigenvalue weighted by atomic mass is 16.2. The van der Waals surface area contributed by atoms with Gasteiger partial charge < -0.3 is 10.6 Å². The van der Waals surface area contributed by atoms with E-state index in [4.69, 9.17) is 5.26 Å². The number of nitriles is 1. The van der Waals surface area contributed by atoms with Gasteiger partial charge in [-0.25, -0.2) is 0 Å². The molecular formula is C20H27N3O2. The molecule has 1 aromatic carbocycles. The Morgan fingerprint density at radius 3 is 2.40 bits per heavy atom. The first-order valence-corrected chi connectivity index (χ1v) is 8.89. The molecule has 5 nitrogen and oxygen atoms in total. The van der Waals surface area contributed by atoms with Crippen LogP contribution in [0.25, 0.3) is 0 Å². The van der Waals surface area contributed by atoms with Crippen molar-refractivity contribution in [3.63, 3.8) is 0 Å². The smallest absolute Gasteiger partial charge is 0.251 e. The summed E-state index contributed by atoms with van der Waals surface area (Å²) in [6.45, 7) is 6.40. The minimum absolute atomic E-state index is 0.00423. The number of nitrogens with zero attached hydrogens (tertiary/aromatic N) is 1. The van der Waals surface area contributed by atoms with Gasteiger partial charge in [0.15, 0.2) is 0 Å². The molecule has 0 radical (unpaired) electrons. The fourth-order valence-corrected chi connectivity index (χ4v) is 3.25. The van der Waals surface area contributed by atoms with Gasteiger partial charge in [-0.2, -0.15) is 5.26 Å². The van der Waals surface area contributed by atoms with E-state index in [0.29, 0.717) is 5.56 Å². The summed E-state index contributed by atoms with van der Waals surface area (Å²) in [7, 11) is 0. The average Bonchev–Trinajstić information content (AvgIpc) is 2.59. The van der Waals surface area contributed by atoms with Crippen molar-refractivity contribution in [1.29, 1.82) is 5.26 Å². The van der Waals surface area contributed by atoms with Crippen LogP contribution in [0, 0.1) is 17.2 Å². The van der Waals surface area contributed by atoms with E-state index in [1.165, 1.54) is 5.56 Å². The molecule has 0 aliphatic heterocycles. The number of nitrogens with one attached hydrogen (secondary N) is 2. The highest BCUT2D eigenvalue weighted by Gasteiger charge is 2.32. The molecule has 5 heteroatoms. The number of benzene rings is 1. The number of carbonyl (C=O) groups excluding carboxylic acids is 2. The lowest BCUT2D eigenvalue weighted by molar-refractivity contribution is -0.126. The lowest BCUT2D eigenvalue weighted by Crippen LogP contribution is -2.48. The summed E-state index contributed by atoms with van der Waals surface area (Å²) in [4.78, 5) is 24.8. The molecule has 0 spiro atoms. The van der Waals surface area contributed by atoms with Crippen LogP contribution in [0.4, 0.5) is 0 Å². The SMILES string of the molecule is CC(C)(C)c1ccc(C(=O)N[C@@H]2CCCC[C@@H]2C(=O)NCC#N)cc1. The Labute approximate surface area is 149 Å². The van der Waals surface area contributed by atoms with Crippen LogP contribution in [0.15, 0.2) is 24.3 Å². The van der Waals surface area contributed by atoms with Crippen molar-refractivity contribution in [1.82, 2.24) is 10.6 Å². The maximum atomic E-state index is 12.6. The van der Waals surface area contributed by atoms with Crippen molar-refractivity contribution in [3.8, 4) is 6.07 Å². The summed E-state index contributed by atoms with van der Waals surface area (Å²) in [5, 5.41) is 14.3. The first-order chi connectivity index (χ1) is 11.8. The summed E-state index contributed by atoms with van der Waals surface area (Å²) >= 11 is 0. The minimum Gasteiger partial charge on any atom is -0.349 e. The topological polar surface area (TPSA) is 82.0 Å². The van der Waals surface area contributed by atoms with Gasteiger partial charge in [-0.3, -0.25) is 9.59 Å². The summed E-state index contributed by atoms with van der Waals surface area (Å²) in [6.07, 6.45) is 3.49. The van der Waals surface area contributed by atoms with Crippen LogP contribution in [-0.4, -0.2) is 24.4 Å². The third-order valence-corrected chi connectivity index (χ3v) is 4.77. The molecule has 0 saturated heterocycles. The standard InChI is InChI=1S/C20H27N3O2/c1-20(2,3)15-10-8-14(9-11-15)18(24)23-17-7-5-4-6-16(17)19(25)22-13-12-21/h8-11,16-17H,4-7,13H2,1-3H3,(H,22,25)(H,23,24)/t16-,17+/m0/s1. The predicted octanol–water partition coefficient (Wildman–Crippen LogP) is 2.91. The molecule has 1 aliphatic rings. The van der Waals surface area contributed by atoms with E-state index in [9.17, 15) is 9.59 Å². The van der Waals surface area contributed by atoms with Crippen molar-refractivity contribution >= 4 is 11.8 Å². The molecule has 2 atom stereocenters. The molecule has 2 amide bonds. The Bertz CT molecular complexity index is 653. The maximum Gasteiger partial charge on any atom is 0.251 e. The zero-order valence-electron chi connectivity index (χ0n) is 15.3. The van der Waals surface area contributed by atoms with E-state index >= 15 is 0 Å². The van der Waals surface area contributed by atoms with Crippen molar-refractivity contribution in [3.05, 3.63) is 35.4 Å². The molecule has 0 aromatic heterocycles. The minimum atomic E-state index is -0.264. The fraction of sp³-hybridized carbons (Fsp3) is 0.550. The largest absolute Gasteiger partial charge is 0.349 e. The van der Waals surface area contributed by atoms with Crippen LogP contribution in [0.1, 0.15) is 62.4 Å². The lowest BCUT2D eigenvalue weighted by Gasteiger charge is -2.31. The number of amides is 2. The summed E-state index contributed by atoms with van der Waals surface area (Å²) in [6, 6.07) is 9.37. The van der Waals surface area contributed by atoms with Crippen LogP contribution < -0.4 is 10.6 Å². The Kier molecular flexibility index (Phi) is 6.19. The molecular weight excluding hydrogens is 314 g/mol. The third kappa shape index (κ3) is 5.06. The van der Waals surface area contributed by atoms with Gasteiger partial charge in [0.1, 0.15) is 6.54 Å². The van der Waals surface area contributed by atoms with E-state index in [-0.39, 0.29) is 35.7 Å². The molecule has 2 N–H and O–H groups in total. The Morgan fingerprint density at radius 1 is 1.16 bits per heavy atom. The van der Waals surface area contributed by atoms with Gasteiger partial charge in [-0.1, -0.05) is 45.7 Å². The van der Waals surface area contributed by atoms with Gasteiger partial charge in [-0.15, -0.1) is 0 Å². The average molecular weight is 341 g/mol. The quantitative estimate of drug-likeness (QED) is 0.826. The van der Waals surface area contributed by atoms with Gasteiger partial charge >= 0.3 is 0 Å². The number of hydrogen-bond acceptors (Lipinski definition) is 3. The zero-order chi connectivity index (χ0) is 18.4. The lowest BCUT2D eigenvalue weighted by atomic mass is 9.83. The molecule has 1 fully saturated rings. The van der Waals surface area contributed by atoms with Crippen LogP contribution in [0.5, 0.6) is 0 Å². The van der Waals surface area contributed by atoms with E-state index in [0.717, 1.165) is 25.7 Å². The Balaban J connectivity index is 2.04. The first-order valence-electron chi connectivity index (χ1n) is 8.89. The monoisotopic (exact) mass is 341 g/mol. The molecule has 1 aromatic rings. The second kappa shape index (κ2) is 8.15. The van der Waals surface area contributed by atoms with Crippen molar-refractivity contribution in [2.75, 3.05) is 6.54 Å². The van der Waals surface area contributed by atoms with Crippen LogP contribution in [0.3, 0.4) is 0 Å². The predicted molar refractivity (Wildman–Crippen MR) is 97.0 cm³/mol. The van der Waals surface area contributed by atoms with Crippen molar-refractivity contribution < 1.29 is 9.59 Å². The Morgan fingerprint density at radius 2 is 1.80 bits per heavy atom. The van der Waals surface area contributed by atoms with Crippen molar-refractivity contribution in [2.45, 2.75) is 57.9 Å². The van der Waals surface area contributed by atoms with E-state index in [1.807, 2.05) is 30.3 Å². The molecule has 2 rings (SSSR count).